The topological polar surface area (TPSA) is 190 Å². The van der Waals surface area contributed by atoms with Crippen LogP contribution in [0.15, 0.2) is 92.3 Å². The molecule has 0 aliphatic carbocycles. The minimum Gasteiger partial charge on any atom is -0.377 e. The Balaban J connectivity index is 0.932. The molecule has 6 aromatic heterocycles. The molecule has 6 aromatic rings. The minimum atomic E-state index is -0.228. The van der Waals surface area contributed by atoms with Crippen molar-refractivity contribution in [3.8, 4) is 22.5 Å². The molecule has 16 nitrogen and oxygen atoms in total. The molecule has 0 fully saturated rings. The fourth-order valence-electron chi connectivity index (χ4n) is 6.92. The molecule has 0 spiro atoms. The predicted octanol–water partition coefficient (Wildman–Crippen LogP) is 4.90. The Morgan fingerprint density at radius 1 is 0.737 bits per heavy atom. The third kappa shape index (κ3) is 8.71. The van der Waals surface area contributed by atoms with Crippen LogP contribution in [0.25, 0.3) is 33.7 Å². The molecule has 2 aliphatic rings. The first-order valence-electron chi connectivity index (χ1n) is 18.6. The molecule has 2 aliphatic heterocycles. The molecule has 8 heterocycles. The first-order valence-corrected chi connectivity index (χ1v) is 18.6. The van der Waals surface area contributed by atoms with E-state index >= 15 is 0 Å². The zero-order valence-corrected chi connectivity index (χ0v) is 31.5. The number of carbonyl (C=O) groups is 2. The van der Waals surface area contributed by atoms with E-state index in [1.807, 2.05) is 41.2 Å². The summed E-state index contributed by atoms with van der Waals surface area (Å²) in [7, 11) is 0. The van der Waals surface area contributed by atoms with Crippen LogP contribution in [0.3, 0.4) is 0 Å². The molecular weight excluding hydrogens is 725 g/mol. The Hall–Kier alpha value is -6.78. The van der Waals surface area contributed by atoms with Crippen LogP contribution in [0.1, 0.15) is 41.4 Å². The summed E-state index contributed by atoms with van der Waals surface area (Å²) in [5.41, 5.74) is 8.57. The molecule has 0 saturated heterocycles. The van der Waals surface area contributed by atoms with Gasteiger partial charge in [0, 0.05) is 72.5 Å². The predicted molar refractivity (Wildman–Crippen MR) is 211 cm³/mol. The number of anilines is 2. The fraction of sp³-hybridized carbons (Fsp3) is 0.268. The number of pyridine rings is 2. The lowest BCUT2D eigenvalue weighted by Gasteiger charge is -2.23. The normalized spacial score (nSPS) is 15.4. The lowest BCUT2D eigenvalue weighted by Crippen LogP contribution is -2.26. The highest BCUT2D eigenvalue weighted by atomic mass is 16.5. The van der Waals surface area contributed by atoms with E-state index in [1.165, 1.54) is 0 Å². The molecule has 0 bridgehead atoms. The second-order valence-corrected chi connectivity index (χ2v) is 13.6. The maximum Gasteiger partial charge on any atom is 0.245 e. The number of nitrogens with one attached hydrogen (secondary N) is 2. The summed E-state index contributed by atoms with van der Waals surface area (Å²) in [6.45, 7) is 5.61. The van der Waals surface area contributed by atoms with Crippen molar-refractivity contribution in [1.82, 2.24) is 49.0 Å². The van der Waals surface area contributed by atoms with E-state index in [0.29, 0.717) is 55.7 Å². The molecule has 288 valence electrons. The lowest BCUT2D eigenvalue weighted by molar-refractivity contribution is -0.117. The van der Waals surface area contributed by atoms with E-state index < -0.39 is 0 Å². The molecule has 1 unspecified atom stereocenters. The molecule has 8 rings (SSSR count). The van der Waals surface area contributed by atoms with Gasteiger partial charge in [-0.3, -0.25) is 29.5 Å². The first kappa shape index (κ1) is 37.2. The summed E-state index contributed by atoms with van der Waals surface area (Å²) in [6, 6.07) is 7.18. The molecule has 0 saturated carbocycles. The number of aromatic nitrogens is 10. The van der Waals surface area contributed by atoms with Gasteiger partial charge < -0.3 is 29.2 Å². The van der Waals surface area contributed by atoms with E-state index in [2.05, 4.69) is 46.6 Å². The summed E-state index contributed by atoms with van der Waals surface area (Å²) in [5.74, 6) is 1.17. The number of hydrogen-bond donors (Lipinski definition) is 2. The number of nitrogens with zero attached hydrogens (tertiary/aromatic N) is 10. The van der Waals surface area contributed by atoms with Crippen LogP contribution in [0.2, 0.25) is 0 Å². The van der Waals surface area contributed by atoms with Crippen LogP contribution in [-0.4, -0.2) is 86.7 Å². The van der Waals surface area contributed by atoms with Crippen molar-refractivity contribution in [3.05, 3.63) is 121 Å². The molecule has 2 amide bonds. The maximum atomic E-state index is 13.5. The number of hydrogen-bond acceptors (Lipinski definition) is 12. The molecule has 16 heteroatoms. The van der Waals surface area contributed by atoms with Gasteiger partial charge in [0.15, 0.2) is 0 Å². The molecule has 2 N–H and O–H groups in total. The monoisotopic (exact) mass is 764 g/mol. The zero-order chi connectivity index (χ0) is 39.1. The largest absolute Gasteiger partial charge is 0.377 e. The first-order chi connectivity index (χ1) is 27.9. The molecule has 0 aromatic carbocycles. The second kappa shape index (κ2) is 16.9. The number of ether oxygens (including phenoxy) is 2. The van der Waals surface area contributed by atoms with Crippen molar-refractivity contribution >= 4 is 34.6 Å². The SMILES string of the molecule is Cc1c(C2=CCOC(Cc3nc(C4=CCOCC4)c(C)n3CC(=O)Nc3ccc(-c4cnccn4)cn3)C2)ncn1CC(=O)Nc1ccc(-c2cnccn2)cn1. The molecular formula is C41H40N12O4. The Morgan fingerprint density at radius 3 is 2.00 bits per heavy atom. The quantitative estimate of drug-likeness (QED) is 0.172. The number of carbonyl (C=O) groups excluding carboxylic acids is 2. The number of rotatable bonds is 12. The summed E-state index contributed by atoms with van der Waals surface area (Å²) >= 11 is 0. The van der Waals surface area contributed by atoms with Gasteiger partial charge in [-0.2, -0.15) is 0 Å². The van der Waals surface area contributed by atoms with E-state index in [4.69, 9.17) is 19.4 Å². The third-order valence-corrected chi connectivity index (χ3v) is 9.89. The molecule has 1 atom stereocenters. The standard InChI is InChI=1S/C41H40N12O4/c1-26-40(48-25-52(26)23-38(54)49-35-5-3-30(19-46-35)33-21-42-10-12-44-33)29-9-16-57-32(17-29)18-37-51-41(28-7-14-56-15-8-28)27(2)53(37)24-39(55)50-36-6-4-31(20-47-36)34-22-43-11-13-45-34/h3-7,9-13,19-22,25,32H,8,14-18,23-24H2,1-2H3,(H,46,49,54)(H,47,50,55). The summed E-state index contributed by atoms with van der Waals surface area (Å²) in [5, 5.41) is 5.80. The highest BCUT2D eigenvalue weighted by Gasteiger charge is 2.26. The van der Waals surface area contributed by atoms with Gasteiger partial charge >= 0.3 is 0 Å². The molecule has 57 heavy (non-hydrogen) atoms. The molecule has 0 radical (unpaired) electrons. The van der Waals surface area contributed by atoms with Crippen molar-refractivity contribution in [2.75, 3.05) is 30.5 Å². The second-order valence-electron chi connectivity index (χ2n) is 13.6. The van der Waals surface area contributed by atoms with Crippen molar-refractivity contribution in [2.45, 2.75) is 52.3 Å². The van der Waals surface area contributed by atoms with Crippen LogP contribution in [-0.2, 0) is 38.6 Å². The van der Waals surface area contributed by atoms with Crippen molar-refractivity contribution in [1.29, 1.82) is 0 Å². The van der Waals surface area contributed by atoms with E-state index in [1.54, 1.807) is 68.0 Å². The van der Waals surface area contributed by atoms with Gasteiger partial charge in [-0.15, -0.1) is 0 Å². The Bertz CT molecular complexity index is 2430. The van der Waals surface area contributed by atoms with Gasteiger partial charge in [-0.25, -0.2) is 19.9 Å². The van der Waals surface area contributed by atoms with Crippen molar-refractivity contribution in [3.63, 3.8) is 0 Å². The third-order valence-electron chi connectivity index (χ3n) is 9.89. The smallest absolute Gasteiger partial charge is 0.245 e. The van der Waals surface area contributed by atoms with Crippen LogP contribution in [0.4, 0.5) is 11.6 Å². The van der Waals surface area contributed by atoms with Gasteiger partial charge in [0.1, 0.15) is 30.5 Å². The highest BCUT2D eigenvalue weighted by Crippen LogP contribution is 2.30. The number of imidazole rings is 2. The van der Waals surface area contributed by atoms with E-state index in [-0.39, 0.29) is 31.0 Å². The minimum absolute atomic E-state index is 0.0495. The average Bonchev–Trinajstić information content (AvgIpc) is 3.76. The van der Waals surface area contributed by atoms with Gasteiger partial charge in [-0.05, 0) is 55.7 Å². The average molecular weight is 765 g/mol. The Morgan fingerprint density at radius 2 is 1.40 bits per heavy atom. The fourth-order valence-corrected chi connectivity index (χ4v) is 6.92. The highest BCUT2D eigenvalue weighted by molar-refractivity contribution is 5.90. The van der Waals surface area contributed by atoms with E-state index in [0.717, 1.165) is 57.3 Å². The van der Waals surface area contributed by atoms with Crippen LogP contribution in [0, 0.1) is 13.8 Å². The van der Waals surface area contributed by atoms with Crippen LogP contribution >= 0.6 is 0 Å². The van der Waals surface area contributed by atoms with Crippen LogP contribution < -0.4 is 10.6 Å². The van der Waals surface area contributed by atoms with Gasteiger partial charge in [0.05, 0.1) is 67.4 Å². The van der Waals surface area contributed by atoms with Crippen molar-refractivity contribution in [2.24, 2.45) is 0 Å². The van der Waals surface area contributed by atoms with Gasteiger partial charge in [0.2, 0.25) is 11.8 Å². The summed E-state index contributed by atoms with van der Waals surface area (Å²) in [4.78, 5) is 62.0. The Labute approximate surface area is 328 Å². The zero-order valence-electron chi connectivity index (χ0n) is 31.5. The maximum absolute atomic E-state index is 13.5. The van der Waals surface area contributed by atoms with Gasteiger partial charge in [-0.1, -0.05) is 12.2 Å². The van der Waals surface area contributed by atoms with E-state index in [9.17, 15) is 9.59 Å². The van der Waals surface area contributed by atoms with Crippen molar-refractivity contribution < 1.29 is 19.1 Å². The summed E-state index contributed by atoms with van der Waals surface area (Å²) < 4.78 is 15.6. The van der Waals surface area contributed by atoms with Gasteiger partial charge in [0.25, 0.3) is 0 Å². The van der Waals surface area contributed by atoms with Crippen LogP contribution in [0.5, 0.6) is 0 Å². The lowest BCUT2D eigenvalue weighted by atomic mass is 9.99. The Kier molecular flexibility index (Phi) is 11.0. The summed E-state index contributed by atoms with van der Waals surface area (Å²) in [6.07, 6.45) is 20.5. The number of amides is 2.